The number of sulfonamides is 1. The van der Waals surface area contributed by atoms with Gasteiger partial charge in [-0.05, 0) is 49.4 Å². The Morgan fingerprint density at radius 3 is 2.50 bits per heavy atom. The van der Waals surface area contributed by atoms with Crippen LogP contribution in [0.2, 0.25) is 0 Å². The van der Waals surface area contributed by atoms with Crippen molar-refractivity contribution < 1.29 is 33.0 Å². The zero-order valence-electron chi connectivity index (χ0n) is 16.2. The number of benzene rings is 2. The van der Waals surface area contributed by atoms with Crippen molar-refractivity contribution in [3.63, 3.8) is 0 Å². The third-order valence-electron chi connectivity index (χ3n) is 4.72. The third kappa shape index (κ3) is 4.55. The van der Waals surface area contributed by atoms with Gasteiger partial charge < -0.3 is 19.8 Å². The topological polar surface area (TPSA) is 133 Å². The molecule has 9 nitrogen and oxygen atoms in total. The third-order valence-corrected chi connectivity index (χ3v) is 6.11. The number of carboxylic acids is 1. The van der Waals surface area contributed by atoms with Crippen molar-refractivity contribution >= 4 is 33.3 Å². The Hall–Kier alpha value is -3.11. The lowest BCUT2D eigenvalue weighted by atomic mass is 10.1. The molecule has 30 heavy (non-hydrogen) atoms. The van der Waals surface area contributed by atoms with E-state index >= 15 is 0 Å². The van der Waals surface area contributed by atoms with Crippen molar-refractivity contribution in [1.29, 1.82) is 0 Å². The van der Waals surface area contributed by atoms with Gasteiger partial charge >= 0.3 is 5.97 Å². The van der Waals surface area contributed by atoms with Crippen molar-refractivity contribution in [2.45, 2.75) is 24.8 Å². The molecule has 0 aromatic heterocycles. The van der Waals surface area contributed by atoms with Crippen molar-refractivity contribution in [3.05, 3.63) is 48.0 Å². The Kier molecular flexibility index (Phi) is 6.28. The lowest BCUT2D eigenvalue weighted by Gasteiger charge is -2.17. The maximum atomic E-state index is 12.7. The van der Waals surface area contributed by atoms with E-state index in [0.717, 1.165) is 0 Å². The van der Waals surface area contributed by atoms with Gasteiger partial charge in [-0.25, -0.2) is 8.42 Å². The summed E-state index contributed by atoms with van der Waals surface area (Å²) < 4.78 is 33.2. The van der Waals surface area contributed by atoms with E-state index < -0.39 is 21.9 Å². The van der Waals surface area contributed by atoms with Crippen LogP contribution >= 0.6 is 0 Å². The molecule has 3 rings (SSSR count). The average molecular weight is 434 g/mol. The van der Waals surface area contributed by atoms with E-state index in [4.69, 9.17) is 9.84 Å². The van der Waals surface area contributed by atoms with Gasteiger partial charge in [-0.3, -0.25) is 14.3 Å². The van der Waals surface area contributed by atoms with Crippen LogP contribution in [-0.2, 0) is 26.2 Å². The lowest BCUT2D eigenvalue weighted by molar-refractivity contribution is -0.141. The SMILES string of the molecule is CCOc1ccc(NS(=O)(=O)c2ccc(N3CC(C(=O)O)CC3=O)cc2)cc1CO. The van der Waals surface area contributed by atoms with Crippen LogP contribution in [0, 0.1) is 5.92 Å². The molecule has 1 fully saturated rings. The Balaban J connectivity index is 1.77. The predicted molar refractivity (Wildman–Crippen MR) is 109 cm³/mol. The lowest BCUT2D eigenvalue weighted by Crippen LogP contribution is -2.25. The summed E-state index contributed by atoms with van der Waals surface area (Å²) in [6.45, 7) is 1.96. The van der Waals surface area contributed by atoms with Crippen LogP contribution in [0.5, 0.6) is 5.75 Å². The Labute approximate surface area is 173 Å². The van der Waals surface area contributed by atoms with Crippen molar-refractivity contribution in [1.82, 2.24) is 0 Å². The molecule has 10 heteroatoms. The van der Waals surface area contributed by atoms with Gasteiger partial charge in [-0.15, -0.1) is 0 Å². The minimum atomic E-state index is -3.91. The largest absolute Gasteiger partial charge is 0.494 e. The molecule has 0 spiro atoms. The molecule has 1 unspecified atom stereocenters. The summed E-state index contributed by atoms with van der Waals surface area (Å²) in [5.74, 6) is -1.65. The van der Waals surface area contributed by atoms with Gasteiger partial charge in [0.2, 0.25) is 5.91 Å². The zero-order valence-corrected chi connectivity index (χ0v) is 17.1. The van der Waals surface area contributed by atoms with Gasteiger partial charge in [0.1, 0.15) is 5.75 Å². The average Bonchev–Trinajstić information content (AvgIpc) is 3.11. The molecule has 1 aliphatic rings. The number of carboxylic acid groups (broad SMARTS) is 1. The highest BCUT2D eigenvalue weighted by atomic mass is 32.2. The molecule has 0 aliphatic carbocycles. The Morgan fingerprint density at radius 2 is 1.93 bits per heavy atom. The summed E-state index contributed by atoms with van der Waals surface area (Å²) in [4.78, 5) is 24.5. The van der Waals surface area contributed by atoms with E-state index in [1.54, 1.807) is 13.0 Å². The van der Waals surface area contributed by atoms with Crippen molar-refractivity contribution in [2.75, 3.05) is 22.8 Å². The molecule has 0 radical (unpaired) electrons. The van der Waals surface area contributed by atoms with E-state index in [9.17, 15) is 23.1 Å². The van der Waals surface area contributed by atoms with Gasteiger partial charge in [0, 0.05) is 29.9 Å². The van der Waals surface area contributed by atoms with Crippen molar-refractivity contribution in [3.8, 4) is 5.75 Å². The molecule has 0 saturated carbocycles. The smallest absolute Gasteiger partial charge is 0.308 e. The second kappa shape index (κ2) is 8.72. The van der Waals surface area contributed by atoms with E-state index in [-0.39, 0.29) is 36.1 Å². The number of aliphatic hydroxyl groups is 1. The summed E-state index contributed by atoms with van der Waals surface area (Å²) in [7, 11) is -3.91. The first-order chi connectivity index (χ1) is 14.2. The van der Waals surface area contributed by atoms with Gasteiger partial charge in [0.15, 0.2) is 0 Å². The molecular weight excluding hydrogens is 412 g/mol. The van der Waals surface area contributed by atoms with Gasteiger partial charge in [0.25, 0.3) is 10.0 Å². The van der Waals surface area contributed by atoms with Gasteiger partial charge in [-0.2, -0.15) is 0 Å². The second-order valence-corrected chi connectivity index (χ2v) is 8.44. The number of nitrogens with zero attached hydrogens (tertiary/aromatic N) is 1. The first kappa shape index (κ1) is 21.6. The number of carbonyl (C=O) groups excluding carboxylic acids is 1. The Morgan fingerprint density at radius 1 is 1.23 bits per heavy atom. The van der Waals surface area contributed by atoms with Crippen LogP contribution < -0.4 is 14.4 Å². The van der Waals surface area contributed by atoms with Gasteiger partial charge in [-0.1, -0.05) is 0 Å². The number of rotatable bonds is 8. The molecule has 1 saturated heterocycles. The van der Waals surface area contributed by atoms with Crippen LogP contribution in [0.15, 0.2) is 47.4 Å². The highest BCUT2D eigenvalue weighted by Crippen LogP contribution is 2.28. The quantitative estimate of drug-likeness (QED) is 0.577. The van der Waals surface area contributed by atoms with Crippen LogP contribution in [-0.4, -0.2) is 43.7 Å². The van der Waals surface area contributed by atoms with E-state index in [1.807, 2.05) is 0 Å². The number of anilines is 2. The monoisotopic (exact) mass is 434 g/mol. The fourth-order valence-corrected chi connectivity index (χ4v) is 4.25. The number of hydrogen-bond donors (Lipinski definition) is 3. The summed E-state index contributed by atoms with van der Waals surface area (Å²) in [5.41, 5.74) is 1.16. The fraction of sp³-hybridized carbons (Fsp3) is 0.300. The van der Waals surface area contributed by atoms with E-state index in [2.05, 4.69) is 4.72 Å². The molecule has 1 aliphatic heterocycles. The van der Waals surface area contributed by atoms with Gasteiger partial charge in [0.05, 0.1) is 24.0 Å². The molecule has 0 bridgehead atoms. The Bertz CT molecular complexity index is 1050. The first-order valence-corrected chi connectivity index (χ1v) is 10.8. The first-order valence-electron chi connectivity index (χ1n) is 9.27. The molecular formula is C20H22N2O7S. The molecule has 1 atom stereocenters. The molecule has 1 heterocycles. The summed E-state index contributed by atoms with van der Waals surface area (Å²) in [6.07, 6.45) is -0.0815. The number of ether oxygens (including phenoxy) is 1. The van der Waals surface area contributed by atoms with Crippen molar-refractivity contribution in [2.24, 2.45) is 5.92 Å². The summed E-state index contributed by atoms with van der Waals surface area (Å²) >= 11 is 0. The normalized spacial score (nSPS) is 16.5. The second-order valence-electron chi connectivity index (χ2n) is 6.76. The fourth-order valence-electron chi connectivity index (χ4n) is 3.20. The maximum absolute atomic E-state index is 12.7. The molecule has 160 valence electrons. The molecule has 3 N–H and O–H groups in total. The van der Waals surface area contributed by atoms with Crippen LogP contribution in [0.1, 0.15) is 18.9 Å². The predicted octanol–water partition coefficient (Wildman–Crippen LogP) is 1.82. The van der Waals surface area contributed by atoms with Crippen LogP contribution in [0.25, 0.3) is 0 Å². The zero-order chi connectivity index (χ0) is 21.9. The number of aliphatic carboxylic acids is 1. The highest BCUT2D eigenvalue weighted by molar-refractivity contribution is 7.92. The molecule has 2 aromatic rings. The standard InChI is InChI=1S/C20H22N2O7S/c1-2-29-18-8-3-15(9-14(18)12-23)21-30(27,28)17-6-4-16(5-7-17)22-11-13(20(25)26)10-19(22)24/h3-9,13,21,23H,2,10-12H2,1H3,(H,25,26). The minimum Gasteiger partial charge on any atom is -0.494 e. The number of hydrogen-bond acceptors (Lipinski definition) is 6. The maximum Gasteiger partial charge on any atom is 0.308 e. The highest BCUT2D eigenvalue weighted by Gasteiger charge is 2.35. The summed E-state index contributed by atoms with van der Waals surface area (Å²) in [6, 6.07) is 10.2. The number of aliphatic hydroxyl groups excluding tert-OH is 1. The summed E-state index contributed by atoms with van der Waals surface area (Å²) in [5, 5.41) is 18.5. The van der Waals surface area contributed by atoms with Crippen LogP contribution in [0.4, 0.5) is 11.4 Å². The van der Waals surface area contributed by atoms with E-state index in [1.165, 1.54) is 41.3 Å². The number of amides is 1. The van der Waals surface area contributed by atoms with E-state index in [0.29, 0.717) is 23.6 Å². The number of nitrogens with one attached hydrogen (secondary N) is 1. The minimum absolute atomic E-state index is 0.0212. The van der Waals surface area contributed by atoms with Crippen LogP contribution in [0.3, 0.4) is 0 Å². The molecule has 2 aromatic carbocycles. The molecule has 1 amide bonds. The number of carbonyl (C=O) groups is 2.